The minimum absolute atomic E-state index is 0.234. The highest BCUT2D eigenvalue weighted by Crippen LogP contribution is 2.15. The van der Waals surface area contributed by atoms with Crippen molar-refractivity contribution < 1.29 is 14.3 Å². The van der Waals surface area contributed by atoms with E-state index in [-0.39, 0.29) is 18.9 Å². The number of pyridine rings is 3. The highest BCUT2D eigenvalue weighted by atomic mass is 32.1. The van der Waals surface area contributed by atoms with E-state index in [0.29, 0.717) is 47.3 Å². The molecule has 45 heavy (non-hydrogen) atoms. The zero-order chi connectivity index (χ0) is 31.9. The van der Waals surface area contributed by atoms with Gasteiger partial charge in [0.25, 0.3) is 0 Å². The predicted molar refractivity (Wildman–Crippen MR) is 179 cm³/mol. The van der Waals surface area contributed by atoms with Crippen LogP contribution >= 0.6 is 24.4 Å². The monoisotopic (exact) mass is 642 g/mol. The molecule has 1 atom stereocenters. The molecule has 0 aliphatic heterocycles. The molecule has 13 heteroatoms. The molecule has 0 aromatic carbocycles. The van der Waals surface area contributed by atoms with Crippen LogP contribution in [0.2, 0.25) is 0 Å². The molecule has 4 aromatic rings. The van der Waals surface area contributed by atoms with Crippen molar-refractivity contribution in [2.75, 3.05) is 20.2 Å². The summed E-state index contributed by atoms with van der Waals surface area (Å²) < 4.78 is 4.65. The number of methoxy groups -OCH3 is 1. The van der Waals surface area contributed by atoms with Crippen LogP contribution in [-0.2, 0) is 27.2 Å². The van der Waals surface area contributed by atoms with Gasteiger partial charge in [0.2, 0.25) is 5.91 Å². The van der Waals surface area contributed by atoms with Crippen LogP contribution in [0.1, 0.15) is 30.7 Å². The second-order valence-corrected chi connectivity index (χ2v) is 10.9. The molecule has 0 aliphatic rings. The number of thiocarbonyl (C=S) groups is 2. The molecule has 0 spiro atoms. The molecule has 3 N–H and O–H groups in total. The number of nitrogens with zero attached hydrogens (tertiary/aromatic N) is 5. The van der Waals surface area contributed by atoms with Gasteiger partial charge in [-0.25, -0.2) is 9.97 Å². The van der Waals surface area contributed by atoms with Crippen LogP contribution in [0.15, 0.2) is 79.4 Å². The Morgan fingerprint density at radius 1 is 0.778 bits per heavy atom. The van der Waals surface area contributed by atoms with Crippen molar-refractivity contribution in [3.05, 3.63) is 90.8 Å². The maximum atomic E-state index is 13.0. The molecule has 11 nitrogen and oxygen atoms in total. The van der Waals surface area contributed by atoms with Crippen LogP contribution in [0.5, 0.6) is 0 Å². The normalized spacial score (nSPS) is 11.2. The van der Waals surface area contributed by atoms with E-state index in [9.17, 15) is 9.59 Å². The Morgan fingerprint density at radius 3 is 2.20 bits per heavy atom. The maximum Gasteiger partial charge on any atom is 0.325 e. The summed E-state index contributed by atoms with van der Waals surface area (Å²) in [6.45, 7) is 0.411. The molecule has 4 aromatic heterocycles. The Bertz CT molecular complexity index is 1590. The highest BCUT2D eigenvalue weighted by molar-refractivity contribution is 7.80. The fraction of sp³-hybridized carbons (Fsp3) is 0.281. The van der Waals surface area contributed by atoms with Crippen molar-refractivity contribution in [1.82, 2.24) is 40.9 Å². The van der Waals surface area contributed by atoms with Gasteiger partial charge in [-0.05, 0) is 67.3 Å². The Balaban J connectivity index is 1.27. The van der Waals surface area contributed by atoms with Crippen molar-refractivity contribution in [2.24, 2.45) is 0 Å². The zero-order valence-corrected chi connectivity index (χ0v) is 26.4. The van der Waals surface area contributed by atoms with Gasteiger partial charge in [0.05, 0.1) is 46.3 Å². The fourth-order valence-corrected chi connectivity index (χ4v) is 4.88. The summed E-state index contributed by atoms with van der Waals surface area (Å²) in [6.07, 6.45) is 9.61. The summed E-state index contributed by atoms with van der Waals surface area (Å²) in [7, 11) is 1.27. The first kappa shape index (κ1) is 33.1. The average molecular weight is 643 g/mol. The lowest BCUT2D eigenvalue weighted by molar-refractivity contribution is -0.141. The summed E-state index contributed by atoms with van der Waals surface area (Å²) in [4.78, 5) is 47.7. The molecule has 0 saturated carbocycles. The number of aromatic nitrogens is 5. The molecular formula is C32H34N8O3S2. The number of unbranched alkanes of at least 4 members (excludes halogenated alkanes) is 1. The number of nitrogens with one attached hydrogen (secondary N) is 3. The molecule has 4 rings (SSSR count). The van der Waals surface area contributed by atoms with Gasteiger partial charge in [-0.2, -0.15) is 0 Å². The van der Waals surface area contributed by atoms with Crippen molar-refractivity contribution in [3.63, 3.8) is 0 Å². The SMILES string of the molecule is COC(=O)CNC(=O)[C@H](CCCCNC(=S)Cc1ccnc(-c2ccccn2)c1)NC(=S)Cc1nccc(-c2ccccn2)n1. The molecule has 1 amide bonds. The van der Waals surface area contributed by atoms with Gasteiger partial charge in [0.15, 0.2) is 0 Å². The minimum atomic E-state index is -0.657. The van der Waals surface area contributed by atoms with E-state index < -0.39 is 12.0 Å². The molecule has 4 heterocycles. The predicted octanol–water partition coefficient (Wildman–Crippen LogP) is 3.44. The average Bonchev–Trinajstić information content (AvgIpc) is 3.07. The molecular weight excluding hydrogens is 609 g/mol. The summed E-state index contributed by atoms with van der Waals surface area (Å²) in [6, 6.07) is 16.3. The molecule has 0 radical (unpaired) electrons. The number of ether oxygens (including phenoxy) is 1. The number of rotatable bonds is 15. The van der Waals surface area contributed by atoms with Crippen LogP contribution in [0.25, 0.3) is 22.8 Å². The standard InChI is InChI=1S/C32H34N8O3S2/c1-43-31(41)21-38-32(42)26(40-30(45)20-28-36-17-12-25(39-28)23-8-2-5-13-33-23)10-4-7-15-37-29(44)19-22-11-16-35-27(18-22)24-9-3-6-14-34-24/h2-3,5-6,8-9,11-14,16-18,26H,4,7,10,15,19-21H2,1H3,(H,37,44)(H,38,42)(H,40,45)/t26-/m0/s1. The second kappa shape index (κ2) is 17.5. The zero-order valence-electron chi connectivity index (χ0n) is 24.8. The fourth-order valence-electron chi connectivity index (χ4n) is 4.34. The third kappa shape index (κ3) is 11.0. The van der Waals surface area contributed by atoms with Crippen molar-refractivity contribution in [1.29, 1.82) is 0 Å². The first-order chi connectivity index (χ1) is 21.9. The van der Waals surface area contributed by atoms with Crippen LogP contribution < -0.4 is 16.0 Å². The number of amides is 1. The highest BCUT2D eigenvalue weighted by Gasteiger charge is 2.20. The van der Waals surface area contributed by atoms with Crippen molar-refractivity contribution in [3.8, 4) is 22.8 Å². The first-order valence-electron chi connectivity index (χ1n) is 14.4. The van der Waals surface area contributed by atoms with E-state index >= 15 is 0 Å². The molecule has 0 unspecified atom stereocenters. The number of hydrogen-bond donors (Lipinski definition) is 3. The summed E-state index contributed by atoms with van der Waals surface area (Å²) in [5.41, 5.74) is 4.05. The Labute approximate surface area is 272 Å². The molecule has 232 valence electrons. The quantitative estimate of drug-likeness (QED) is 0.0993. The lowest BCUT2D eigenvalue weighted by Crippen LogP contribution is -2.48. The molecule has 0 saturated heterocycles. The van der Waals surface area contributed by atoms with E-state index in [1.807, 2.05) is 48.5 Å². The molecule has 0 aliphatic carbocycles. The van der Waals surface area contributed by atoms with E-state index in [0.717, 1.165) is 29.1 Å². The van der Waals surface area contributed by atoms with Crippen molar-refractivity contribution >= 4 is 46.3 Å². The van der Waals surface area contributed by atoms with Crippen molar-refractivity contribution in [2.45, 2.75) is 38.1 Å². The maximum absolute atomic E-state index is 13.0. The summed E-state index contributed by atoms with van der Waals surface area (Å²) in [5.74, 6) is -0.386. The van der Waals surface area contributed by atoms with Gasteiger partial charge in [-0.3, -0.25) is 24.5 Å². The first-order valence-corrected chi connectivity index (χ1v) is 15.2. The van der Waals surface area contributed by atoms with E-state index in [1.165, 1.54) is 7.11 Å². The summed E-state index contributed by atoms with van der Waals surface area (Å²) in [5, 5.41) is 9.05. The Morgan fingerprint density at radius 2 is 1.49 bits per heavy atom. The number of hydrogen-bond acceptors (Lipinski definition) is 10. The molecule has 0 fully saturated rings. The van der Waals surface area contributed by atoms with E-state index in [4.69, 9.17) is 24.4 Å². The minimum Gasteiger partial charge on any atom is -0.468 e. The van der Waals surface area contributed by atoms with Crippen LogP contribution in [0.4, 0.5) is 0 Å². The third-order valence-corrected chi connectivity index (χ3v) is 7.15. The van der Waals surface area contributed by atoms with Gasteiger partial charge in [-0.15, -0.1) is 0 Å². The van der Waals surface area contributed by atoms with Crippen LogP contribution in [0, 0.1) is 0 Å². The topological polar surface area (TPSA) is 144 Å². The van der Waals surface area contributed by atoms with Gasteiger partial charge >= 0.3 is 5.97 Å². The second-order valence-electron chi connectivity index (χ2n) is 9.95. The molecule has 0 bridgehead atoms. The van der Waals surface area contributed by atoms with Gasteiger partial charge in [-0.1, -0.05) is 36.6 Å². The lowest BCUT2D eigenvalue weighted by Gasteiger charge is -2.20. The van der Waals surface area contributed by atoms with E-state index in [1.54, 1.807) is 30.9 Å². The Hall–Kier alpha value is -4.75. The Kier molecular flexibility index (Phi) is 12.9. The van der Waals surface area contributed by atoms with Gasteiger partial charge < -0.3 is 20.7 Å². The van der Waals surface area contributed by atoms with E-state index in [2.05, 4.69) is 45.6 Å². The largest absolute Gasteiger partial charge is 0.468 e. The number of carbonyl (C=O) groups is 2. The lowest BCUT2D eigenvalue weighted by atomic mass is 10.1. The third-order valence-electron chi connectivity index (χ3n) is 6.60. The number of carbonyl (C=O) groups excluding carboxylic acids is 2. The van der Waals surface area contributed by atoms with Crippen LogP contribution in [0.3, 0.4) is 0 Å². The smallest absolute Gasteiger partial charge is 0.325 e. The van der Waals surface area contributed by atoms with Gasteiger partial charge in [0, 0.05) is 37.8 Å². The summed E-state index contributed by atoms with van der Waals surface area (Å²) >= 11 is 11.1. The van der Waals surface area contributed by atoms with Gasteiger partial charge in [0.1, 0.15) is 18.4 Å². The van der Waals surface area contributed by atoms with Crippen LogP contribution in [-0.4, -0.2) is 73.0 Å². The number of esters is 1.